The molecule has 0 aliphatic rings. The highest BCUT2D eigenvalue weighted by atomic mass is 16.5. The van der Waals surface area contributed by atoms with Gasteiger partial charge in [-0.15, -0.1) is 0 Å². The fraction of sp³-hybridized carbons (Fsp3) is 0.235. The van der Waals surface area contributed by atoms with Gasteiger partial charge < -0.3 is 18.8 Å². The number of methoxy groups -OCH3 is 3. The van der Waals surface area contributed by atoms with Gasteiger partial charge in [0.2, 0.25) is 5.75 Å². The number of hydrogen-bond acceptors (Lipinski definition) is 4. The molecule has 0 saturated carbocycles. The molecule has 0 unspecified atom stereocenters. The van der Waals surface area contributed by atoms with Crippen molar-refractivity contribution in [2.45, 2.75) is 0 Å². The van der Waals surface area contributed by atoms with E-state index in [9.17, 15) is 0 Å². The van der Waals surface area contributed by atoms with Crippen LogP contribution in [0.2, 0.25) is 0 Å². The van der Waals surface area contributed by atoms with Crippen molar-refractivity contribution in [1.82, 2.24) is 9.55 Å². The average Bonchev–Trinajstić information content (AvgIpc) is 2.90. The molecule has 114 valence electrons. The van der Waals surface area contributed by atoms with Crippen LogP contribution in [-0.4, -0.2) is 30.9 Å². The van der Waals surface area contributed by atoms with Crippen molar-refractivity contribution in [2.75, 3.05) is 21.3 Å². The Morgan fingerprint density at radius 1 is 0.909 bits per heavy atom. The maximum Gasteiger partial charge on any atom is 0.203 e. The van der Waals surface area contributed by atoms with Crippen LogP contribution in [0.15, 0.2) is 36.4 Å². The summed E-state index contributed by atoms with van der Waals surface area (Å²) in [4.78, 5) is 4.70. The number of imidazole rings is 1. The van der Waals surface area contributed by atoms with E-state index >= 15 is 0 Å². The number of para-hydroxylation sites is 2. The highest BCUT2D eigenvalue weighted by molar-refractivity contribution is 5.81. The molecule has 3 rings (SSSR count). The Kier molecular flexibility index (Phi) is 3.63. The van der Waals surface area contributed by atoms with Crippen LogP contribution in [-0.2, 0) is 7.05 Å². The predicted molar refractivity (Wildman–Crippen MR) is 85.8 cm³/mol. The number of fused-ring (bicyclic) bond motifs is 1. The molecule has 5 heteroatoms. The minimum absolute atomic E-state index is 0.576. The van der Waals surface area contributed by atoms with Gasteiger partial charge in [-0.1, -0.05) is 12.1 Å². The van der Waals surface area contributed by atoms with E-state index in [0.29, 0.717) is 17.2 Å². The first kappa shape index (κ1) is 14.3. The summed E-state index contributed by atoms with van der Waals surface area (Å²) in [5.41, 5.74) is 2.94. The lowest BCUT2D eigenvalue weighted by Crippen LogP contribution is -1.98. The van der Waals surface area contributed by atoms with Crippen LogP contribution in [0.4, 0.5) is 0 Å². The van der Waals surface area contributed by atoms with Gasteiger partial charge in [0.05, 0.1) is 32.4 Å². The predicted octanol–water partition coefficient (Wildman–Crippen LogP) is 3.27. The topological polar surface area (TPSA) is 45.5 Å². The molecule has 22 heavy (non-hydrogen) atoms. The highest BCUT2D eigenvalue weighted by Gasteiger charge is 2.17. The molecule has 0 radical (unpaired) electrons. The van der Waals surface area contributed by atoms with Gasteiger partial charge in [0.1, 0.15) is 5.82 Å². The number of hydrogen-bond donors (Lipinski definition) is 0. The van der Waals surface area contributed by atoms with Crippen LogP contribution in [0.25, 0.3) is 22.4 Å². The maximum atomic E-state index is 5.41. The van der Waals surface area contributed by atoms with Crippen LogP contribution in [0.3, 0.4) is 0 Å². The molecular formula is C17H18N2O3. The molecule has 0 amide bonds. The van der Waals surface area contributed by atoms with E-state index in [0.717, 1.165) is 22.4 Å². The summed E-state index contributed by atoms with van der Waals surface area (Å²) in [6.07, 6.45) is 0. The molecule has 1 aromatic heterocycles. The zero-order valence-corrected chi connectivity index (χ0v) is 13.1. The van der Waals surface area contributed by atoms with Gasteiger partial charge in [-0.25, -0.2) is 4.98 Å². The molecule has 0 spiro atoms. The second kappa shape index (κ2) is 5.60. The van der Waals surface area contributed by atoms with Crippen LogP contribution in [0.1, 0.15) is 0 Å². The van der Waals surface area contributed by atoms with Gasteiger partial charge in [-0.3, -0.25) is 0 Å². The largest absolute Gasteiger partial charge is 0.493 e. The number of ether oxygens (including phenoxy) is 3. The van der Waals surface area contributed by atoms with Gasteiger partial charge >= 0.3 is 0 Å². The molecule has 1 heterocycles. The molecule has 0 atom stereocenters. The fourth-order valence-electron chi connectivity index (χ4n) is 2.61. The summed E-state index contributed by atoms with van der Waals surface area (Å²) < 4.78 is 18.2. The lowest BCUT2D eigenvalue weighted by atomic mass is 10.1. The lowest BCUT2D eigenvalue weighted by molar-refractivity contribution is 0.324. The van der Waals surface area contributed by atoms with Crippen molar-refractivity contribution in [3.63, 3.8) is 0 Å². The van der Waals surface area contributed by atoms with E-state index in [4.69, 9.17) is 19.2 Å². The zero-order valence-electron chi connectivity index (χ0n) is 13.1. The number of benzene rings is 2. The van der Waals surface area contributed by atoms with Crippen molar-refractivity contribution in [3.8, 4) is 28.6 Å². The van der Waals surface area contributed by atoms with Crippen LogP contribution < -0.4 is 14.2 Å². The van der Waals surface area contributed by atoms with Gasteiger partial charge in [0, 0.05) is 12.6 Å². The second-order valence-electron chi connectivity index (χ2n) is 4.90. The average molecular weight is 298 g/mol. The Balaban J connectivity index is 2.24. The number of aromatic nitrogens is 2. The number of aryl methyl sites for hydroxylation is 1. The van der Waals surface area contributed by atoms with Crippen LogP contribution >= 0.6 is 0 Å². The third-order valence-corrected chi connectivity index (χ3v) is 3.71. The van der Waals surface area contributed by atoms with Crippen molar-refractivity contribution < 1.29 is 14.2 Å². The van der Waals surface area contributed by atoms with Crippen molar-refractivity contribution >= 4 is 11.0 Å². The minimum atomic E-state index is 0.576. The van der Waals surface area contributed by atoms with Gasteiger partial charge in [-0.2, -0.15) is 0 Å². The standard InChI is InChI=1S/C17H18N2O3/c1-19-13-8-6-5-7-12(13)18-17(19)11-9-14(20-2)16(22-4)15(10-11)21-3/h5-10H,1-4H3. The van der Waals surface area contributed by atoms with E-state index in [-0.39, 0.29) is 0 Å². The molecular weight excluding hydrogens is 280 g/mol. The Morgan fingerprint density at radius 3 is 2.09 bits per heavy atom. The van der Waals surface area contributed by atoms with Crippen molar-refractivity contribution in [3.05, 3.63) is 36.4 Å². The van der Waals surface area contributed by atoms with Crippen LogP contribution in [0, 0.1) is 0 Å². The summed E-state index contributed by atoms with van der Waals surface area (Å²) in [5.74, 6) is 2.65. The van der Waals surface area contributed by atoms with E-state index in [1.807, 2.05) is 43.4 Å². The maximum absolute atomic E-state index is 5.41. The Labute approximate surface area is 129 Å². The van der Waals surface area contributed by atoms with Crippen LogP contribution in [0.5, 0.6) is 17.2 Å². The normalized spacial score (nSPS) is 10.7. The van der Waals surface area contributed by atoms with E-state index in [2.05, 4.69) is 4.57 Å². The summed E-state index contributed by atoms with van der Waals surface area (Å²) >= 11 is 0. The molecule has 0 bridgehead atoms. The number of nitrogens with zero attached hydrogens (tertiary/aromatic N) is 2. The van der Waals surface area contributed by atoms with Crippen molar-refractivity contribution in [1.29, 1.82) is 0 Å². The Morgan fingerprint density at radius 2 is 1.55 bits per heavy atom. The molecule has 0 saturated heterocycles. The van der Waals surface area contributed by atoms with Gasteiger partial charge in [-0.05, 0) is 24.3 Å². The monoisotopic (exact) mass is 298 g/mol. The Hall–Kier alpha value is -2.69. The minimum Gasteiger partial charge on any atom is -0.493 e. The number of rotatable bonds is 4. The Bertz CT molecular complexity index is 799. The molecule has 0 N–H and O–H groups in total. The molecule has 3 aromatic rings. The third kappa shape index (κ3) is 2.15. The smallest absolute Gasteiger partial charge is 0.203 e. The first-order chi connectivity index (χ1) is 10.7. The SMILES string of the molecule is COc1cc(-c2nc3ccccc3n2C)cc(OC)c1OC. The third-order valence-electron chi connectivity index (χ3n) is 3.71. The van der Waals surface area contributed by atoms with Gasteiger partial charge in [0.25, 0.3) is 0 Å². The first-order valence-corrected chi connectivity index (χ1v) is 6.91. The molecule has 0 aliphatic heterocycles. The highest BCUT2D eigenvalue weighted by Crippen LogP contribution is 2.41. The van der Waals surface area contributed by atoms with Crippen molar-refractivity contribution in [2.24, 2.45) is 7.05 Å². The second-order valence-corrected chi connectivity index (χ2v) is 4.90. The van der Waals surface area contributed by atoms with E-state index in [1.54, 1.807) is 21.3 Å². The summed E-state index contributed by atoms with van der Waals surface area (Å²) in [5, 5.41) is 0. The molecule has 0 aliphatic carbocycles. The summed E-state index contributed by atoms with van der Waals surface area (Å²) in [6, 6.07) is 11.8. The summed E-state index contributed by atoms with van der Waals surface area (Å²) in [6.45, 7) is 0. The molecule has 0 fully saturated rings. The lowest BCUT2D eigenvalue weighted by Gasteiger charge is -2.14. The molecule has 5 nitrogen and oxygen atoms in total. The van der Waals surface area contributed by atoms with E-state index < -0.39 is 0 Å². The first-order valence-electron chi connectivity index (χ1n) is 6.91. The summed E-state index contributed by atoms with van der Waals surface area (Å²) in [7, 11) is 6.80. The fourth-order valence-corrected chi connectivity index (χ4v) is 2.61. The quantitative estimate of drug-likeness (QED) is 0.741. The van der Waals surface area contributed by atoms with E-state index in [1.165, 1.54) is 0 Å². The zero-order chi connectivity index (χ0) is 15.7. The van der Waals surface area contributed by atoms with Gasteiger partial charge in [0.15, 0.2) is 11.5 Å². The molecule has 2 aromatic carbocycles.